The fourth-order valence-electron chi connectivity index (χ4n) is 4.48. The predicted molar refractivity (Wildman–Crippen MR) is 119 cm³/mol. The summed E-state index contributed by atoms with van der Waals surface area (Å²) >= 11 is 0. The van der Waals surface area contributed by atoms with Gasteiger partial charge in [0, 0.05) is 17.9 Å². The van der Waals surface area contributed by atoms with Crippen molar-refractivity contribution in [1.29, 1.82) is 0 Å². The topological polar surface area (TPSA) is 74.7 Å². The Kier molecular flexibility index (Phi) is 6.28. The van der Waals surface area contributed by atoms with Gasteiger partial charge in [-0.15, -0.1) is 0 Å². The normalized spacial score (nSPS) is 20.4. The summed E-state index contributed by atoms with van der Waals surface area (Å²) in [6.45, 7) is 2.87. The van der Waals surface area contributed by atoms with Crippen molar-refractivity contribution in [3.8, 4) is 0 Å². The average Bonchev–Trinajstić information content (AvgIpc) is 3.12. The third kappa shape index (κ3) is 4.82. The van der Waals surface area contributed by atoms with Gasteiger partial charge in [-0.2, -0.15) is 18.3 Å². The molecule has 172 valence electrons. The standard InChI is InChI=1S/C23H28F3N5O/c1-14-5-3-4-6-18(14)31-19-11-12-27-22(32)20(19)21(30-31)29-17-9-7-16(8-10-17)15(2)28-13-23(24,25)26/h7-12,14-15,18,28H,3-6,13H2,1-2H3,(H,27,32)(H,29,30)/t14-,15-,18-/m0/s1. The van der Waals surface area contributed by atoms with Gasteiger partial charge < -0.3 is 15.6 Å². The summed E-state index contributed by atoms with van der Waals surface area (Å²) in [6, 6.07) is 8.78. The number of aromatic nitrogens is 3. The van der Waals surface area contributed by atoms with Gasteiger partial charge in [-0.05, 0) is 49.4 Å². The van der Waals surface area contributed by atoms with E-state index in [-0.39, 0.29) is 11.6 Å². The maximum atomic E-state index is 12.6. The molecule has 2 heterocycles. The first-order valence-corrected chi connectivity index (χ1v) is 11.0. The van der Waals surface area contributed by atoms with E-state index in [1.807, 2.05) is 10.7 Å². The number of hydrogen-bond acceptors (Lipinski definition) is 4. The van der Waals surface area contributed by atoms with E-state index in [0.29, 0.717) is 22.8 Å². The van der Waals surface area contributed by atoms with Gasteiger partial charge in [-0.25, -0.2) is 0 Å². The smallest absolute Gasteiger partial charge is 0.338 e. The fourth-order valence-corrected chi connectivity index (χ4v) is 4.48. The van der Waals surface area contributed by atoms with E-state index in [1.54, 1.807) is 37.4 Å². The minimum Gasteiger partial charge on any atom is -0.338 e. The maximum absolute atomic E-state index is 12.6. The molecule has 6 nitrogen and oxygen atoms in total. The molecule has 1 aliphatic rings. The van der Waals surface area contributed by atoms with Gasteiger partial charge in [0.2, 0.25) is 0 Å². The first kappa shape index (κ1) is 22.4. The van der Waals surface area contributed by atoms with Crippen molar-refractivity contribution in [3.63, 3.8) is 0 Å². The molecule has 1 aliphatic carbocycles. The van der Waals surface area contributed by atoms with Gasteiger partial charge in [-0.1, -0.05) is 31.9 Å². The van der Waals surface area contributed by atoms with Crippen LogP contribution >= 0.6 is 0 Å². The molecular formula is C23H28F3N5O. The maximum Gasteiger partial charge on any atom is 0.401 e. The van der Waals surface area contributed by atoms with Gasteiger partial charge in [0.1, 0.15) is 5.39 Å². The molecule has 0 unspecified atom stereocenters. The molecule has 3 N–H and O–H groups in total. The van der Waals surface area contributed by atoms with Crippen LogP contribution in [0.2, 0.25) is 0 Å². The molecule has 0 amide bonds. The summed E-state index contributed by atoms with van der Waals surface area (Å²) in [5, 5.41) is 11.0. The van der Waals surface area contributed by atoms with Crippen LogP contribution in [-0.4, -0.2) is 27.5 Å². The second-order valence-corrected chi connectivity index (χ2v) is 8.65. The van der Waals surface area contributed by atoms with Crippen LogP contribution in [-0.2, 0) is 0 Å². The molecule has 9 heteroatoms. The molecular weight excluding hydrogens is 419 g/mol. The zero-order valence-corrected chi connectivity index (χ0v) is 18.2. The number of hydrogen-bond donors (Lipinski definition) is 3. The number of fused-ring (bicyclic) bond motifs is 1. The fraction of sp³-hybridized carbons (Fsp3) is 0.478. The first-order valence-electron chi connectivity index (χ1n) is 11.0. The Morgan fingerprint density at radius 2 is 1.91 bits per heavy atom. The lowest BCUT2D eigenvalue weighted by atomic mass is 9.86. The van der Waals surface area contributed by atoms with E-state index in [2.05, 4.69) is 22.5 Å². The Morgan fingerprint density at radius 3 is 2.59 bits per heavy atom. The summed E-state index contributed by atoms with van der Waals surface area (Å²) in [5.74, 6) is 0.958. The second-order valence-electron chi connectivity index (χ2n) is 8.65. The van der Waals surface area contributed by atoms with Crippen LogP contribution < -0.4 is 16.2 Å². The Balaban J connectivity index is 1.59. The zero-order valence-electron chi connectivity index (χ0n) is 18.2. The number of nitrogens with one attached hydrogen (secondary N) is 3. The summed E-state index contributed by atoms with van der Waals surface area (Å²) in [6.07, 6.45) is 1.92. The van der Waals surface area contributed by atoms with Crippen molar-refractivity contribution in [2.75, 3.05) is 11.9 Å². The molecule has 4 rings (SSSR count). The number of pyridine rings is 1. The zero-order chi connectivity index (χ0) is 22.9. The number of anilines is 2. The summed E-state index contributed by atoms with van der Waals surface area (Å²) in [5.41, 5.74) is 2.05. The van der Waals surface area contributed by atoms with Gasteiger partial charge in [0.05, 0.1) is 18.1 Å². The van der Waals surface area contributed by atoms with Crippen molar-refractivity contribution >= 4 is 22.4 Å². The van der Waals surface area contributed by atoms with Crippen LogP contribution in [0.5, 0.6) is 0 Å². The third-order valence-corrected chi connectivity index (χ3v) is 6.29. The number of nitrogens with zero attached hydrogens (tertiary/aromatic N) is 2. The number of halogens is 3. The Bertz CT molecular complexity index is 1120. The summed E-state index contributed by atoms with van der Waals surface area (Å²) < 4.78 is 39.3. The van der Waals surface area contributed by atoms with Crippen molar-refractivity contribution in [2.24, 2.45) is 5.92 Å². The minimum atomic E-state index is -4.25. The molecule has 0 spiro atoms. The van der Waals surface area contributed by atoms with Crippen molar-refractivity contribution in [2.45, 2.75) is 57.8 Å². The second kappa shape index (κ2) is 8.97. The quantitative estimate of drug-likeness (QED) is 0.471. The van der Waals surface area contributed by atoms with E-state index >= 15 is 0 Å². The lowest BCUT2D eigenvalue weighted by molar-refractivity contribution is -0.126. The minimum absolute atomic E-state index is 0.207. The Labute approximate surface area is 184 Å². The number of rotatable bonds is 6. The van der Waals surface area contributed by atoms with Gasteiger partial charge >= 0.3 is 6.18 Å². The van der Waals surface area contributed by atoms with Crippen LogP contribution in [0, 0.1) is 5.92 Å². The summed E-state index contributed by atoms with van der Waals surface area (Å²) in [4.78, 5) is 15.3. The molecule has 0 radical (unpaired) electrons. The predicted octanol–water partition coefficient (Wildman–Crippen LogP) is 5.43. The van der Waals surface area contributed by atoms with Crippen molar-refractivity contribution in [3.05, 3.63) is 52.4 Å². The highest BCUT2D eigenvalue weighted by Gasteiger charge is 2.28. The highest BCUT2D eigenvalue weighted by Crippen LogP contribution is 2.36. The van der Waals surface area contributed by atoms with Crippen LogP contribution in [0.3, 0.4) is 0 Å². The van der Waals surface area contributed by atoms with Crippen LogP contribution in [0.4, 0.5) is 24.7 Å². The monoisotopic (exact) mass is 447 g/mol. The molecule has 0 bridgehead atoms. The van der Waals surface area contributed by atoms with Crippen LogP contribution in [0.15, 0.2) is 41.3 Å². The largest absolute Gasteiger partial charge is 0.401 e. The van der Waals surface area contributed by atoms with E-state index in [1.165, 1.54) is 6.42 Å². The average molecular weight is 448 g/mol. The number of aromatic amines is 1. The Morgan fingerprint density at radius 1 is 1.19 bits per heavy atom. The number of benzene rings is 1. The van der Waals surface area contributed by atoms with E-state index in [9.17, 15) is 18.0 Å². The number of alkyl halides is 3. The molecule has 1 aromatic carbocycles. The van der Waals surface area contributed by atoms with E-state index in [0.717, 1.165) is 30.3 Å². The molecule has 3 atom stereocenters. The number of H-pyrrole nitrogens is 1. The lowest BCUT2D eigenvalue weighted by Crippen LogP contribution is -2.30. The molecule has 2 aromatic heterocycles. The van der Waals surface area contributed by atoms with Crippen molar-refractivity contribution < 1.29 is 13.2 Å². The van der Waals surface area contributed by atoms with Crippen molar-refractivity contribution in [1.82, 2.24) is 20.1 Å². The molecule has 0 aliphatic heterocycles. The van der Waals surface area contributed by atoms with Gasteiger partial charge in [0.15, 0.2) is 5.82 Å². The third-order valence-electron chi connectivity index (χ3n) is 6.29. The van der Waals surface area contributed by atoms with E-state index in [4.69, 9.17) is 5.10 Å². The molecule has 1 fully saturated rings. The molecule has 3 aromatic rings. The van der Waals surface area contributed by atoms with Gasteiger partial charge in [0.25, 0.3) is 5.56 Å². The SMILES string of the molecule is C[C@H](NCC(F)(F)F)c1ccc(Nc2nn([C@H]3CCCC[C@@H]3C)c3cc[nH]c(=O)c23)cc1. The summed E-state index contributed by atoms with van der Waals surface area (Å²) in [7, 11) is 0. The van der Waals surface area contributed by atoms with Crippen LogP contribution in [0.1, 0.15) is 57.2 Å². The molecule has 0 saturated heterocycles. The lowest BCUT2D eigenvalue weighted by Gasteiger charge is -2.29. The Hall–Kier alpha value is -2.81. The van der Waals surface area contributed by atoms with Crippen LogP contribution in [0.25, 0.3) is 10.9 Å². The van der Waals surface area contributed by atoms with E-state index < -0.39 is 18.8 Å². The first-order chi connectivity index (χ1) is 15.2. The highest BCUT2D eigenvalue weighted by molar-refractivity contribution is 5.91. The molecule has 1 saturated carbocycles. The molecule has 32 heavy (non-hydrogen) atoms. The highest BCUT2D eigenvalue weighted by atomic mass is 19.4. The van der Waals surface area contributed by atoms with Gasteiger partial charge in [-0.3, -0.25) is 9.48 Å².